The van der Waals surface area contributed by atoms with Crippen LogP contribution in [0.2, 0.25) is 0 Å². The number of anilines is 2. The SMILES string of the molecule is Cc1nc(C(=O)Nc2ccc(Br)cc2)cc(N2CCOCC2)n1. The van der Waals surface area contributed by atoms with Crippen LogP contribution in [0.25, 0.3) is 0 Å². The number of halogens is 1. The molecule has 1 N–H and O–H groups in total. The number of hydrogen-bond donors (Lipinski definition) is 1. The summed E-state index contributed by atoms with van der Waals surface area (Å²) in [7, 11) is 0. The molecule has 7 heteroatoms. The summed E-state index contributed by atoms with van der Waals surface area (Å²) in [6, 6.07) is 9.14. The van der Waals surface area contributed by atoms with Crippen LogP contribution in [0.4, 0.5) is 11.5 Å². The Bertz CT molecular complexity index is 700. The lowest BCUT2D eigenvalue weighted by Gasteiger charge is -2.28. The first-order valence-electron chi connectivity index (χ1n) is 7.37. The number of hydrogen-bond acceptors (Lipinski definition) is 5. The Balaban J connectivity index is 1.79. The number of benzene rings is 1. The molecule has 1 fully saturated rings. The molecule has 1 aliphatic rings. The number of morpholine rings is 1. The van der Waals surface area contributed by atoms with E-state index >= 15 is 0 Å². The van der Waals surface area contributed by atoms with Gasteiger partial charge in [-0.15, -0.1) is 0 Å². The Morgan fingerprint density at radius 1 is 1.22 bits per heavy atom. The van der Waals surface area contributed by atoms with Gasteiger partial charge in [-0.3, -0.25) is 4.79 Å². The van der Waals surface area contributed by atoms with Crippen molar-refractivity contribution in [3.05, 3.63) is 46.3 Å². The number of carbonyl (C=O) groups excluding carboxylic acids is 1. The van der Waals surface area contributed by atoms with Gasteiger partial charge in [-0.05, 0) is 31.2 Å². The number of carbonyl (C=O) groups is 1. The summed E-state index contributed by atoms with van der Waals surface area (Å²) < 4.78 is 6.31. The first kappa shape index (κ1) is 15.9. The molecular formula is C16H17BrN4O2. The quantitative estimate of drug-likeness (QED) is 0.891. The number of aromatic nitrogens is 2. The number of nitrogens with zero attached hydrogens (tertiary/aromatic N) is 3. The first-order valence-corrected chi connectivity index (χ1v) is 8.16. The fourth-order valence-electron chi connectivity index (χ4n) is 2.35. The second kappa shape index (κ2) is 7.06. The standard InChI is InChI=1S/C16H17BrN4O2/c1-11-18-14(10-15(19-11)21-6-8-23-9-7-21)16(22)20-13-4-2-12(17)3-5-13/h2-5,10H,6-9H2,1H3,(H,20,22). The Kier molecular flexibility index (Phi) is 4.88. The van der Waals surface area contributed by atoms with Crippen LogP contribution in [-0.4, -0.2) is 42.2 Å². The maximum atomic E-state index is 12.4. The topological polar surface area (TPSA) is 67.4 Å². The average molecular weight is 377 g/mol. The van der Waals surface area contributed by atoms with Gasteiger partial charge in [-0.25, -0.2) is 9.97 Å². The van der Waals surface area contributed by atoms with Crippen molar-refractivity contribution in [2.75, 3.05) is 36.5 Å². The normalized spacial score (nSPS) is 14.6. The second-order valence-corrected chi connectivity index (χ2v) is 6.13. The highest BCUT2D eigenvalue weighted by atomic mass is 79.9. The minimum absolute atomic E-state index is 0.243. The molecule has 2 aromatic rings. The van der Waals surface area contributed by atoms with Gasteiger partial charge < -0.3 is 15.0 Å². The van der Waals surface area contributed by atoms with Crippen LogP contribution in [0.5, 0.6) is 0 Å². The monoisotopic (exact) mass is 376 g/mol. The third kappa shape index (κ3) is 4.05. The van der Waals surface area contributed by atoms with Gasteiger partial charge in [0.15, 0.2) is 0 Å². The molecule has 1 aliphatic heterocycles. The Morgan fingerprint density at radius 2 is 1.91 bits per heavy atom. The Morgan fingerprint density at radius 3 is 2.61 bits per heavy atom. The molecular weight excluding hydrogens is 360 g/mol. The van der Waals surface area contributed by atoms with Gasteiger partial charge in [-0.1, -0.05) is 15.9 Å². The van der Waals surface area contributed by atoms with Crippen LogP contribution in [-0.2, 0) is 4.74 Å². The third-order valence-electron chi connectivity index (χ3n) is 3.49. The van der Waals surface area contributed by atoms with Crippen LogP contribution in [0.3, 0.4) is 0 Å². The van der Waals surface area contributed by atoms with E-state index in [1.807, 2.05) is 24.3 Å². The van der Waals surface area contributed by atoms with E-state index in [-0.39, 0.29) is 5.91 Å². The molecule has 0 unspecified atom stereocenters. The summed E-state index contributed by atoms with van der Waals surface area (Å²) in [4.78, 5) is 23.2. The Labute approximate surface area is 143 Å². The summed E-state index contributed by atoms with van der Waals surface area (Å²) in [5.41, 5.74) is 1.09. The average Bonchev–Trinajstić information content (AvgIpc) is 2.57. The summed E-state index contributed by atoms with van der Waals surface area (Å²) >= 11 is 3.37. The molecule has 6 nitrogen and oxygen atoms in total. The maximum Gasteiger partial charge on any atom is 0.274 e. The fourth-order valence-corrected chi connectivity index (χ4v) is 2.62. The lowest BCUT2D eigenvalue weighted by molar-refractivity contribution is 0.102. The molecule has 0 aliphatic carbocycles. The summed E-state index contributed by atoms with van der Waals surface area (Å²) in [6.45, 7) is 4.67. The largest absolute Gasteiger partial charge is 0.378 e. The number of rotatable bonds is 3. The third-order valence-corrected chi connectivity index (χ3v) is 4.02. The van der Waals surface area contributed by atoms with Crippen molar-refractivity contribution in [1.82, 2.24) is 9.97 Å². The van der Waals surface area contributed by atoms with Crippen molar-refractivity contribution in [3.63, 3.8) is 0 Å². The summed E-state index contributed by atoms with van der Waals surface area (Å²) in [5.74, 6) is 1.10. The minimum atomic E-state index is -0.243. The van der Waals surface area contributed by atoms with E-state index < -0.39 is 0 Å². The molecule has 1 aromatic heterocycles. The van der Waals surface area contributed by atoms with Gasteiger partial charge in [0.1, 0.15) is 17.3 Å². The Hall–Kier alpha value is -1.99. The van der Waals surface area contributed by atoms with E-state index in [0.717, 1.165) is 29.1 Å². The zero-order valence-corrected chi connectivity index (χ0v) is 14.3. The van der Waals surface area contributed by atoms with Gasteiger partial charge in [-0.2, -0.15) is 0 Å². The van der Waals surface area contributed by atoms with Crippen molar-refractivity contribution in [1.29, 1.82) is 0 Å². The highest BCUT2D eigenvalue weighted by Crippen LogP contribution is 2.17. The molecule has 0 spiro atoms. The van der Waals surface area contributed by atoms with Gasteiger partial charge in [0, 0.05) is 29.3 Å². The van der Waals surface area contributed by atoms with E-state index in [0.29, 0.717) is 24.7 Å². The second-order valence-electron chi connectivity index (χ2n) is 5.22. The molecule has 0 radical (unpaired) electrons. The molecule has 1 amide bonds. The molecule has 2 heterocycles. The van der Waals surface area contributed by atoms with Crippen molar-refractivity contribution in [3.8, 4) is 0 Å². The number of amides is 1. The molecule has 1 saturated heterocycles. The number of ether oxygens (including phenoxy) is 1. The van der Waals surface area contributed by atoms with E-state index in [4.69, 9.17) is 4.74 Å². The van der Waals surface area contributed by atoms with Crippen LogP contribution < -0.4 is 10.2 Å². The highest BCUT2D eigenvalue weighted by molar-refractivity contribution is 9.10. The van der Waals surface area contributed by atoms with Crippen LogP contribution in [0.15, 0.2) is 34.8 Å². The van der Waals surface area contributed by atoms with Gasteiger partial charge in [0.2, 0.25) is 0 Å². The fraction of sp³-hybridized carbons (Fsp3) is 0.312. The molecule has 1 aromatic carbocycles. The lowest BCUT2D eigenvalue weighted by atomic mass is 10.3. The molecule has 120 valence electrons. The minimum Gasteiger partial charge on any atom is -0.378 e. The van der Waals surface area contributed by atoms with Gasteiger partial charge in [0.25, 0.3) is 5.91 Å². The van der Waals surface area contributed by atoms with Gasteiger partial charge >= 0.3 is 0 Å². The smallest absolute Gasteiger partial charge is 0.274 e. The van der Waals surface area contributed by atoms with Gasteiger partial charge in [0.05, 0.1) is 13.2 Å². The van der Waals surface area contributed by atoms with Crippen LogP contribution >= 0.6 is 15.9 Å². The molecule has 0 saturated carbocycles. The van der Waals surface area contributed by atoms with Crippen LogP contribution in [0.1, 0.15) is 16.3 Å². The van der Waals surface area contributed by atoms with Crippen molar-refractivity contribution < 1.29 is 9.53 Å². The molecule has 0 bridgehead atoms. The van der Waals surface area contributed by atoms with Crippen LogP contribution in [0, 0.1) is 6.92 Å². The molecule has 3 rings (SSSR count). The first-order chi connectivity index (χ1) is 11.1. The molecule has 0 atom stereocenters. The number of aryl methyl sites for hydroxylation is 1. The van der Waals surface area contributed by atoms with Crippen molar-refractivity contribution in [2.45, 2.75) is 6.92 Å². The van der Waals surface area contributed by atoms with Crippen molar-refractivity contribution >= 4 is 33.3 Å². The molecule has 23 heavy (non-hydrogen) atoms. The predicted octanol–water partition coefficient (Wildman–Crippen LogP) is 2.64. The van der Waals surface area contributed by atoms with E-state index in [1.165, 1.54) is 0 Å². The zero-order chi connectivity index (χ0) is 16.2. The maximum absolute atomic E-state index is 12.4. The summed E-state index contributed by atoms with van der Waals surface area (Å²) in [6.07, 6.45) is 0. The zero-order valence-electron chi connectivity index (χ0n) is 12.8. The lowest BCUT2D eigenvalue weighted by Crippen LogP contribution is -2.37. The van der Waals surface area contributed by atoms with E-state index in [9.17, 15) is 4.79 Å². The van der Waals surface area contributed by atoms with Crippen molar-refractivity contribution in [2.24, 2.45) is 0 Å². The number of nitrogens with one attached hydrogen (secondary N) is 1. The predicted molar refractivity (Wildman–Crippen MR) is 91.9 cm³/mol. The van der Waals surface area contributed by atoms with E-state index in [2.05, 4.69) is 36.1 Å². The van der Waals surface area contributed by atoms with E-state index in [1.54, 1.807) is 13.0 Å². The summed E-state index contributed by atoms with van der Waals surface area (Å²) in [5, 5.41) is 2.85. The highest BCUT2D eigenvalue weighted by Gasteiger charge is 2.17.